The summed E-state index contributed by atoms with van der Waals surface area (Å²) in [4.78, 5) is 20.9. The normalized spacial score (nSPS) is 11.4. The van der Waals surface area contributed by atoms with Crippen LogP contribution in [0, 0.1) is 6.92 Å². The average Bonchev–Trinajstić information content (AvgIpc) is 3.32. The molecule has 0 fully saturated rings. The zero-order chi connectivity index (χ0) is 21.4. The van der Waals surface area contributed by atoms with E-state index in [0.717, 1.165) is 0 Å². The fraction of sp³-hybridized carbons (Fsp3) is 0.158. The molecule has 4 rings (SSSR count). The largest absolute Gasteiger partial charge is 0.463 e. The van der Waals surface area contributed by atoms with Gasteiger partial charge in [-0.15, -0.1) is 0 Å². The van der Waals surface area contributed by atoms with E-state index in [-0.39, 0.29) is 39.7 Å². The molecule has 4 heterocycles. The third-order valence-electron chi connectivity index (χ3n) is 4.28. The second-order valence-electron chi connectivity index (χ2n) is 6.35. The van der Waals surface area contributed by atoms with Gasteiger partial charge in [0.15, 0.2) is 17.2 Å². The summed E-state index contributed by atoms with van der Waals surface area (Å²) in [7, 11) is 0. The molecule has 0 unspecified atom stereocenters. The highest BCUT2D eigenvalue weighted by molar-refractivity contribution is 6.36. The number of alkyl halides is 2. The Bertz CT molecular complexity index is 1240. The summed E-state index contributed by atoms with van der Waals surface area (Å²) < 4.78 is 34.0. The van der Waals surface area contributed by atoms with Gasteiger partial charge in [0.05, 0.1) is 27.4 Å². The quantitative estimate of drug-likeness (QED) is 0.446. The van der Waals surface area contributed by atoms with Crippen molar-refractivity contribution in [3.05, 3.63) is 58.0 Å². The van der Waals surface area contributed by atoms with Crippen LogP contribution in [0.2, 0.25) is 10.0 Å². The lowest BCUT2D eigenvalue weighted by atomic mass is 10.1. The highest BCUT2D eigenvalue weighted by Crippen LogP contribution is 2.33. The molecule has 0 radical (unpaired) electrons. The summed E-state index contributed by atoms with van der Waals surface area (Å²) in [5.74, 6) is -0.0672. The van der Waals surface area contributed by atoms with E-state index in [0.29, 0.717) is 16.5 Å². The van der Waals surface area contributed by atoms with E-state index in [9.17, 15) is 13.6 Å². The number of furan rings is 1. The molecule has 0 aromatic carbocycles. The van der Waals surface area contributed by atoms with Gasteiger partial charge in [-0.25, -0.2) is 23.4 Å². The summed E-state index contributed by atoms with van der Waals surface area (Å²) >= 11 is 11.8. The maximum atomic E-state index is 13.7. The number of hydrogen-bond acceptors (Lipinski definition) is 5. The molecule has 0 atom stereocenters. The van der Waals surface area contributed by atoms with E-state index in [4.69, 9.17) is 27.6 Å². The van der Waals surface area contributed by atoms with Gasteiger partial charge in [0.1, 0.15) is 12.2 Å². The van der Waals surface area contributed by atoms with Gasteiger partial charge >= 0.3 is 0 Å². The number of carbonyl (C=O) groups is 1. The maximum Gasteiger partial charge on any atom is 0.264 e. The van der Waals surface area contributed by atoms with Crippen molar-refractivity contribution >= 4 is 46.0 Å². The van der Waals surface area contributed by atoms with Gasteiger partial charge in [-0.05, 0) is 31.2 Å². The predicted octanol–water partition coefficient (Wildman–Crippen LogP) is 5.28. The van der Waals surface area contributed by atoms with Gasteiger partial charge in [0, 0.05) is 11.8 Å². The van der Waals surface area contributed by atoms with Crippen LogP contribution in [-0.2, 0) is 11.3 Å². The molecule has 7 nitrogen and oxygen atoms in total. The molecule has 0 bridgehead atoms. The van der Waals surface area contributed by atoms with Crippen LogP contribution in [0.25, 0.3) is 22.5 Å². The lowest BCUT2D eigenvalue weighted by molar-refractivity contribution is -0.116. The van der Waals surface area contributed by atoms with Gasteiger partial charge < -0.3 is 9.73 Å². The van der Waals surface area contributed by atoms with Crippen LogP contribution < -0.4 is 5.32 Å². The van der Waals surface area contributed by atoms with Crippen molar-refractivity contribution in [1.82, 2.24) is 19.7 Å². The third kappa shape index (κ3) is 3.86. The molecule has 1 N–H and O–H groups in total. The number of anilines is 1. The molecule has 0 saturated heterocycles. The number of pyridine rings is 2. The number of rotatable bonds is 5. The molecule has 0 aliphatic heterocycles. The topological polar surface area (TPSA) is 85.8 Å². The van der Waals surface area contributed by atoms with Crippen molar-refractivity contribution in [2.75, 3.05) is 5.32 Å². The molecule has 11 heteroatoms. The molecular formula is C19H13Cl2F2N5O2. The van der Waals surface area contributed by atoms with Crippen LogP contribution in [0.1, 0.15) is 17.7 Å². The second kappa shape index (κ2) is 8.00. The van der Waals surface area contributed by atoms with Crippen molar-refractivity contribution < 1.29 is 18.0 Å². The first-order valence-electron chi connectivity index (χ1n) is 8.64. The van der Waals surface area contributed by atoms with Crippen LogP contribution in [-0.4, -0.2) is 25.7 Å². The Morgan fingerprint density at radius 3 is 2.80 bits per heavy atom. The molecule has 0 aliphatic carbocycles. The Morgan fingerprint density at radius 2 is 2.13 bits per heavy atom. The molecule has 4 aromatic rings. The Kier molecular flexibility index (Phi) is 5.40. The number of fused-ring (bicyclic) bond motifs is 1. The van der Waals surface area contributed by atoms with Crippen molar-refractivity contribution in [3.63, 3.8) is 0 Å². The number of amides is 1. The van der Waals surface area contributed by atoms with Crippen LogP contribution in [0.15, 0.2) is 41.1 Å². The van der Waals surface area contributed by atoms with Crippen LogP contribution in [0.4, 0.5) is 14.6 Å². The summed E-state index contributed by atoms with van der Waals surface area (Å²) in [5.41, 5.74) is 0.445. The van der Waals surface area contributed by atoms with Crippen molar-refractivity contribution in [2.45, 2.75) is 19.9 Å². The fourth-order valence-corrected chi connectivity index (χ4v) is 3.46. The molecule has 0 aliphatic rings. The SMILES string of the molecule is Cc1nn(CC(=O)Nc2ncc(Cl)cc2Cl)c2nc(-c3ccco3)cc(C(F)F)c12. The minimum atomic E-state index is -2.76. The van der Waals surface area contributed by atoms with Crippen LogP contribution in [0.3, 0.4) is 0 Å². The summed E-state index contributed by atoms with van der Waals surface area (Å²) in [5, 5.41) is 7.45. The van der Waals surface area contributed by atoms with Gasteiger partial charge in [0.2, 0.25) is 5.91 Å². The van der Waals surface area contributed by atoms with E-state index >= 15 is 0 Å². The Labute approximate surface area is 178 Å². The number of nitrogens with one attached hydrogen (secondary N) is 1. The first-order valence-corrected chi connectivity index (χ1v) is 9.40. The number of halogens is 4. The van der Waals surface area contributed by atoms with Crippen molar-refractivity contribution in [3.8, 4) is 11.5 Å². The summed E-state index contributed by atoms with van der Waals surface area (Å²) in [6.45, 7) is 1.29. The summed E-state index contributed by atoms with van der Waals surface area (Å²) in [6.07, 6.45) is -0.00322. The minimum absolute atomic E-state index is 0.122. The standard InChI is InChI=1S/C19H13Cl2F2N5O2/c1-9-16-11(17(22)23)6-13(14-3-2-4-30-14)25-19(16)28(27-9)8-15(29)26-18-12(21)5-10(20)7-24-18/h2-7,17H,8H2,1H3,(H,24,26,29). The smallest absolute Gasteiger partial charge is 0.264 e. The number of carbonyl (C=O) groups excluding carboxylic acids is 1. The average molecular weight is 452 g/mol. The van der Waals surface area contributed by atoms with Gasteiger partial charge in [-0.1, -0.05) is 23.2 Å². The molecule has 4 aromatic heterocycles. The third-order valence-corrected chi connectivity index (χ3v) is 4.77. The zero-order valence-electron chi connectivity index (χ0n) is 15.4. The van der Waals surface area contributed by atoms with E-state index in [1.165, 1.54) is 29.3 Å². The van der Waals surface area contributed by atoms with Gasteiger partial charge in [-0.3, -0.25) is 4.79 Å². The first-order chi connectivity index (χ1) is 14.3. The van der Waals surface area contributed by atoms with Crippen molar-refractivity contribution in [2.24, 2.45) is 0 Å². The molecule has 0 saturated carbocycles. The molecular weight excluding hydrogens is 439 g/mol. The number of aryl methyl sites for hydroxylation is 1. The van der Waals surface area contributed by atoms with Crippen molar-refractivity contribution in [1.29, 1.82) is 0 Å². The highest BCUT2D eigenvalue weighted by atomic mass is 35.5. The molecule has 0 spiro atoms. The predicted molar refractivity (Wildman–Crippen MR) is 108 cm³/mol. The highest BCUT2D eigenvalue weighted by Gasteiger charge is 2.22. The molecule has 30 heavy (non-hydrogen) atoms. The Hall–Kier alpha value is -3.04. The number of nitrogens with zero attached hydrogens (tertiary/aromatic N) is 4. The van der Waals surface area contributed by atoms with Crippen LogP contribution >= 0.6 is 23.2 Å². The summed E-state index contributed by atoms with van der Waals surface area (Å²) in [6, 6.07) is 5.94. The lowest BCUT2D eigenvalue weighted by Gasteiger charge is -2.08. The molecule has 154 valence electrons. The lowest BCUT2D eigenvalue weighted by Crippen LogP contribution is -2.20. The number of hydrogen-bond donors (Lipinski definition) is 1. The zero-order valence-corrected chi connectivity index (χ0v) is 16.9. The monoisotopic (exact) mass is 451 g/mol. The van der Waals surface area contributed by atoms with E-state index in [1.54, 1.807) is 19.1 Å². The minimum Gasteiger partial charge on any atom is -0.463 e. The van der Waals surface area contributed by atoms with Gasteiger partial charge in [-0.2, -0.15) is 5.10 Å². The van der Waals surface area contributed by atoms with Gasteiger partial charge in [0.25, 0.3) is 6.43 Å². The van der Waals surface area contributed by atoms with E-state index in [2.05, 4.69) is 20.4 Å². The first kappa shape index (κ1) is 20.2. The van der Waals surface area contributed by atoms with E-state index in [1.807, 2.05) is 0 Å². The second-order valence-corrected chi connectivity index (χ2v) is 7.19. The maximum absolute atomic E-state index is 13.7. The Balaban J connectivity index is 1.72. The van der Waals surface area contributed by atoms with Crippen LogP contribution in [0.5, 0.6) is 0 Å². The molecule has 1 amide bonds. The van der Waals surface area contributed by atoms with E-state index < -0.39 is 12.3 Å². The fourth-order valence-electron chi connectivity index (χ4n) is 3.03. The number of aromatic nitrogens is 4. The Morgan fingerprint density at radius 1 is 1.33 bits per heavy atom.